The molecule has 0 bridgehead atoms. The minimum absolute atomic E-state index is 0.167. The fourth-order valence-electron chi connectivity index (χ4n) is 1.48. The van der Waals surface area contributed by atoms with Gasteiger partial charge in [-0.15, -0.1) is 0 Å². The monoisotopic (exact) mass is 301 g/mol. The average Bonchev–Trinajstić information content (AvgIpc) is 2.32. The van der Waals surface area contributed by atoms with Crippen molar-refractivity contribution in [2.75, 3.05) is 13.7 Å². The van der Waals surface area contributed by atoms with Gasteiger partial charge in [0.15, 0.2) is 11.5 Å². The lowest BCUT2D eigenvalue weighted by molar-refractivity contribution is 0.206. The molecule has 0 heterocycles. The second-order valence-electron chi connectivity index (χ2n) is 3.98. The first kappa shape index (κ1) is 14.3. The van der Waals surface area contributed by atoms with E-state index < -0.39 is 0 Å². The largest absolute Gasteiger partial charge is 0.493 e. The summed E-state index contributed by atoms with van der Waals surface area (Å²) in [7, 11) is 1.65. The molecule has 1 atom stereocenters. The summed E-state index contributed by atoms with van der Waals surface area (Å²) < 4.78 is 12.1. The quantitative estimate of drug-likeness (QED) is 0.878. The van der Waals surface area contributed by atoms with Crippen LogP contribution in [0.4, 0.5) is 0 Å². The van der Waals surface area contributed by atoms with Crippen LogP contribution in [0.25, 0.3) is 0 Å². The number of hydrogen-bond acceptors (Lipinski definition) is 3. The molecule has 96 valence electrons. The van der Waals surface area contributed by atoms with E-state index in [1.165, 1.54) is 0 Å². The maximum atomic E-state index is 5.85. The molecule has 0 aromatic heterocycles. The molecule has 1 rings (SSSR count). The molecule has 0 amide bonds. The molecule has 0 spiro atoms. The van der Waals surface area contributed by atoms with Crippen molar-refractivity contribution in [3.8, 4) is 11.5 Å². The number of halogens is 1. The Bertz CT molecular complexity index is 369. The zero-order valence-corrected chi connectivity index (χ0v) is 12.2. The lowest BCUT2D eigenvalue weighted by atomic mass is 10.1. The standard InChI is InChI=1S/C13H20BrNO2/c1-4-9(2)17-13-11(14)7-10(5-6-15)8-12(13)16-3/h7-9H,4-6,15H2,1-3H3. The summed E-state index contributed by atoms with van der Waals surface area (Å²) in [4.78, 5) is 0. The predicted octanol–water partition coefficient (Wildman–Crippen LogP) is 3.14. The van der Waals surface area contributed by atoms with Crippen LogP contribution in [-0.2, 0) is 6.42 Å². The summed E-state index contributed by atoms with van der Waals surface area (Å²) in [5.41, 5.74) is 6.70. The summed E-state index contributed by atoms with van der Waals surface area (Å²) in [5.74, 6) is 1.52. The van der Waals surface area contributed by atoms with Crippen LogP contribution in [0.3, 0.4) is 0 Å². The van der Waals surface area contributed by atoms with Gasteiger partial charge in [-0.2, -0.15) is 0 Å². The van der Waals surface area contributed by atoms with Gasteiger partial charge in [0.1, 0.15) is 0 Å². The number of ether oxygens (including phenoxy) is 2. The Morgan fingerprint density at radius 1 is 1.41 bits per heavy atom. The van der Waals surface area contributed by atoms with Gasteiger partial charge in [-0.1, -0.05) is 6.92 Å². The fourth-order valence-corrected chi connectivity index (χ4v) is 2.07. The zero-order chi connectivity index (χ0) is 12.8. The Labute approximate surface area is 111 Å². The van der Waals surface area contributed by atoms with Crippen LogP contribution in [-0.4, -0.2) is 19.8 Å². The van der Waals surface area contributed by atoms with Crippen molar-refractivity contribution in [2.45, 2.75) is 32.8 Å². The SMILES string of the molecule is CCC(C)Oc1c(Br)cc(CCN)cc1OC. The summed E-state index contributed by atoms with van der Waals surface area (Å²) in [6.07, 6.45) is 1.96. The predicted molar refractivity (Wildman–Crippen MR) is 73.8 cm³/mol. The zero-order valence-electron chi connectivity index (χ0n) is 10.6. The van der Waals surface area contributed by atoms with E-state index in [1.807, 2.05) is 19.1 Å². The van der Waals surface area contributed by atoms with E-state index >= 15 is 0 Å². The minimum atomic E-state index is 0.167. The molecule has 17 heavy (non-hydrogen) atoms. The molecule has 0 saturated heterocycles. The molecule has 0 aliphatic rings. The normalized spacial score (nSPS) is 12.3. The van der Waals surface area contributed by atoms with Crippen LogP contribution in [0.15, 0.2) is 16.6 Å². The van der Waals surface area contributed by atoms with Gasteiger partial charge in [-0.05, 0) is 59.9 Å². The molecule has 1 aromatic rings. The van der Waals surface area contributed by atoms with Crippen LogP contribution in [0.1, 0.15) is 25.8 Å². The molecule has 3 nitrogen and oxygen atoms in total. The molecule has 4 heteroatoms. The van der Waals surface area contributed by atoms with Crippen LogP contribution in [0, 0.1) is 0 Å². The Morgan fingerprint density at radius 2 is 2.12 bits per heavy atom. The number of rotatable bonds is 6. The second-order valence-corrected chi connectivity index (χ2v) is 4.84. The van der Waals surface area contributed by atoms with Gasteiger partial charge in [0.25, 0.3) is 0 Å². The Balaban J connectivity index is 3.03. The third-order valence-corrected chi connectivity index (χ3v) is 3.21. The van der Waals surface area contributed by atoms with E-state index in [2.05, 4.69) is 22.9 Å². The maximum absolute atomic E-state index is 5.85. The van der Waals surface area contributed by atoms with Gasteiger partial charge < -0.3 is 15.2 Å². The Morgan fingerprint density at radius 3 is 2.65 bits per heavy atom. The summed E-state index contributed by atoms with van der Waals surface area (Å²) in [6.45, 7) is 4.76. The third-order valence-electron chi connectivity index (χ3n) is 2.62. The topological polar surface area (TPSA) is 44.5 Å². The highest BCUT2D eigenvalue weighted by molar-refractivity contribution is 9.10. The van der Waals surface area contributed by atoms with E-state index in [1.54, 1.807) is 7.11 Å². The molecular weight excluding hydrogens is 282 g/mol. The van der Waals surface area contributed by atoms with Crippen molar-refractivity contribution in [2.24, 2.45) is 5.73 Å². The molecule has 2 N–H and O–H groups in total. The van der Waals surface area contributed by atoms with Crippen molar-refractivity contribution >= 4 is 15.9 Å². The van der Waals surface area contributed by atoms with E-state index in [0.29, 0.717) is 6.54 Å². The third kappa shape index (κ3) is 3.89. The van der Waals surface area contributed by atoms with Gasteiger partial charge in [-0.3, -0.25) is 0 Å². The van der Waals surface area contributed by atoms with Crippen molar-refractivity contribution in [3.05, 3.63) is 22.2 Å². The molecule has 1 unspecified atom stereocenters. The fraction of sp³-hybridized carbons (Fsp3) is 0.538. The first-order valence-corrected chi connectivity index (χ1v) is 6.64. The highest BCUT2D eigenvalue weighted by Crippen LogP contribution is 2.37. The lowest BCUT2D eigenvalue weighted by Crippen LogP contribution is -2.11. The van der Waals surface area contributed by atoms with Crippen molar-refractivity contribution < 1.29 is 9.47 Å². The summed E-state index contributed by atoms with van der Waals surface area (Å²) in [6, 6.07) is 4.02. The van der Waals surface area contributed by atoms with Gasteiger partial charge in [-0.25, -0.2) is 0 Å². The second kappa shape index (κ2) is 6.87. The average molecular weight is 302 g/mol. The molecule has 0 fully saturated rings. The number of hydrogen-bond donors (Lipinski definition) is 1. The minimum Gasteiger partial charge on any atom is -0.493 e. The first-order chi connectivity index (χ1) is 8.12. The summed E-state index contributed by atoms with van der Waals surface area (Å²) >= 11 is 3.52. The smallest absolute Gasteiger partial charge is 0.175 e. The highest BCUT2D eigenvalue weighted by Gasteiger charge is 2.13. The first-order valence-electron chi connectivity index (χ1n) is 5.85. The van der Waals surface area contributed by atoms with Gasteiger partial charge >= 0.3 is 0 Å². The molecule has 0 radical (unpaired) electrons. The number of benzene rings is 1. The van der Waals surface area contributed by atoms with E-state index in [-0.39, 0.29) is 6.10 Å². The van der Waals surface area contributed by atoms with Gasteiger partial charge in [0.2, 0.25) is 0 Å². The Hall–Kier alpha value is -0.740. The van der Waals surface area contributed by atoms with Crippen LogP contribution in [0.2, 0.25) is 0 Å². The van der Waals surface area contributed by atoms with Crippen LogP contribution in [0.5, 0.6) is 11.5 Å². The molecule has 0 aliphatic heterocycles. The Kier molecular flexibility index (Phi) is 5.78. The maximum Gasteiger partial charge on any atom is 0.175 e. The molecule has 0 aliphatic carbocycles. The van der Waals surface area contributed by atoms with E-state index in [0.717, 1.165) is 34.4 Å². The van der Waals surface area contributed by atoms with Gasteiger partial charge in [0, 0.05) is 0 Å². The van der Waals surface area contributed by atoms with Crippen LogP contribution < -0.4 is 15.2 Å². The van der Waals surface area contributed by atoms with Crippen molar-refractivity contribution in [1.29, 1.82) is 0 Å². The summed E-state index contributed by atoms with van der Waals surface area (Å²) in [5, 5.41) is 0. The lowest BCUT2D eigenvalue weighted by Gasteiger charge is -2.18. The van der Waals surface area contributed by atoms with Crippen molar-refractivity contribution in [1.82, 2.24) is 0 Å². The number of nitrogens with two attached hydrogens (primary N) is 1. The van der Waals surface area contributed by atoms with E-state index in [9.17, 15) is 0 Å². The molecular formula is C13H20BrNO2. The van der Waals surface area contributed by atoms with Gasteiger partial charge in [0.05, 0.1) is 17.7 Å². The number of methoxy groups -OCH3 is 1. The van der Waals surface area contributed by atoms with Crippen LogP contribution >= 0.6 is 15.9 Å². The van der Waals surface area contributed by atoms with E-state index in [4.69, 9.17) is 15.2 Å². The van der Waals surface area contributed by atoms with Crippen molar-refractivity contribution in [3.63, 3.8) is 0 Å². The molecule has 0 saturated carbocycles. The molecule has 1 aromatic carbocycles. The highest BCUT2D eigenvalue weighted by atomic mass is 79.9.